The first kappa shape index (κ1) is 17.9. The summed E-state index contributed by atoms with van der Waals surface area (Å²) in [4.78, 5) is 26.8. The van der Waals surface area contributed by atoms with Gasteiger partial charge in [0.25, 0.3) is 11.8 Å². The van der Waals surface area contributed by atoms with E-state index in [9.17, 15) is 9.59 Å². The van der Waals surface area contributed by atoms with Gasteiger partial charge in [0.1, 0.15) is 0 Å². The third kappa shape index (κ3) is 2.47. The molecule has 0 fully saturated rings. The Kier molecular flexibility index (Phi) is 4.38. The Bertz CT molecular complexity index is 716. The maximum absolute atomic E-state index is 12.6. The van der Waals surface area contributed by atoms with Crippen LogP contribution in [0.5, 0.6) is 0 Å². The van der Waals surface area contributed by atoms with Gasteiger partial charge in [0.2, 0.25) is 0 Å². The summed E-state index contributed by atoms with van der Waals surface area (Å²) in [5.41, 5.74) is 3.64. The summed E-state index contributed by atoms with van der Waals surface area (Å²) in [6.45, 7) is 13.3. The van der Waals surface area contributed by atoms with Gasteiger partial charge in [-0.25, -0.2) is 0 Å². The second kappa shape index (κ2) is 6.12. The Morgan fingerprint density at radius 1 is 0.960 bits per heavy atom. The molecule has 1 aliphatic carbocycles. The summed E-state index contributed by atoms with van der Waals surface area (Å²) in [6.07, 6.45) is 3.76. The molecule has 1 aromatic carbocycles. The predicted octanol–water partition coefficient (Wildman–Crippen LogP) is 4.63. The van der Waals surface area contributed by atoms with Gasteiger partial charge in [0.05, 0.1) is 6.04 Å². The number of hydrogen-bond donors (Lipinski definition) is 0. The van der Waals surface area contributed by atoms with Gasteiger partial charge in [0, 0.05) is 17.6 Å². The molecule has 2 amide bonds. The van der Waals surface area contributed by atoms with Crippen molar-refractivity contribution in [3.63, 3.8) is 0 Å². The fraction of sp³-hybridized carbons (Fsp3) is 0.545. The van der Waals surface area contributed by atoms with Gasteiger partial charge in [-0.05, 0) is 40.9 Å². The van der Waals surface area contributed by atoms with Crippen molar-refractivity contribution in [1.29, 1.82) is 0 Å². The molecular formula is C22H29NO2. The van der Waals surface area contributed by atoms with Crippen molar-refractivity contribution in [3.05, 3.63) is 47.0 Å². The lowest BCUT2D eigenvalue weighted by molar-refractivity contribution is -0.145. The molecule has 0 aromatic heterocycles. The molecule has 1 aromatic rings. The minimum atomic E-state index is -0.184. The molecule has 0 saturated heterocycles. The van der Waals surface area contributed by atoms with Crippen molar-refractivity contribution in [1.82, 2.24) is 4.90 Å². The number of amides is 2. The van der Waals surface area contributed by atoms with E-state index in [-0.39, 0.29) is 23.3 Å². The second-order valence-corrected chi connectivity index (χ2v) is 8.46. The Labute approximate surface area is 151 Å². The largest absolute Gasteiger partial charge is 0.269 e. The van der Waals surface area contributed by atoms with E-state index >= 15 is 0 Å². The van der Waals surface area contributed by atoms with Crippen molar-refractivity contribution in [2.45, 2.75) is 59.9 Å². The average molecular weight is 339 g/mol. The van der Waals surface area contributed by atoms with Crippen molar-refractivity contribution in [2.75, 3.05) is 0 Å². The third-order valence-electron chi connectivity index (χ3n) is 6.38. The number of fused-ring (bicyclic) bond motifs is 1. The van der Waals surface area contributed by atoms with Crippen LogP contribution >= 0.6 is 0 Å². The highest BCUT2D eigenvalue weighted by molar-refractivity contribution is 6.13. The topological polar surface area (TPSA) is 37.4 Å². The zero-order valence-corrected chi connectivity index (χ0v) is 16.2. The van der Waals surface area contributed by atoms with Crippen LogP contribution in [0, 0.1) is 17.3 Å². The van der Waals surface area contributed by atoms with Crippen molar-refractivity contribution < 1.29 is 9.59 Å². The van der Waals surface area contributed by atoms with Crippen molar-refractivity contribution in [3.8, 4) is 0 Å². The van der Waals surface area contributed by atoms with Crippen LogP contribution in [0.1, 0.15) is 70.2 Å². The summed E-state index contributed by atoms with van der Waals surface area (Å²) in [7, 11) is 0. The van der Waals surface area contributed by atoms with Crippen molar-refractivity contribution in [2.24, 2.45) is 17.3 Å². The van der Waals surface area contributed by atoms with E-state index in [1.807, 2.05) is 0 Å². The maximum atomic E-state index is 12.6. The molecule has 1 aliphatic heterocycles. The minimum Gasteiger partial charge on any atom is -0.269 e. The van der Waals surface area contributed by atoms with Gasteiger partial charge < -0.3 is 0 Å². The van der Waals surface area contributed by atoms with E-state index in [0.29, 0.717) is 17.8 Å². The molecule has 0 radical (unpaired) electrons. The molecule has 0 bridgehead atoms. The smallest absolute Gasteiger partial charge is 0.254 e. The first-order valence-corrected chi connectivity index (χ1v) is 9.38. The molecule has 1 heterocycles. The Hall–Kier alpha value is -1.90. The molecule has 134 valence electrons. The predicted molar refractivity (Wildman–Crippen MR) is 100 cm³/mol. The van der Waals surface area contributed by atoms with Gasteiger partial charge in [-0.3, -0.25) is 14.5 Å². The van der Waals surface area contributed by atoms with Crippen LogP contribution in [0.3, 0.4) is 0 Å². The summed E-state index contributed by atoms with van der Waals surface area (Å²) < 4.78 is 0. The fourth-order valence-electron chi connectivity index (χ4n) is 5.06. The average Bonchev–Trinajstić information content (AvgIpc) is 3.04. The van der Waals surface area contributed by atoms with Crippen LogP contribution in [0.25, 0.3) is 0 Å². The highest BCUT2D eigenvalue weighted by atomic mass is 16.2. The molecule has 25 heavy (non-hydrogen) atoms. The Morgan fingerprint density at radius 2 is 1.52 bits per heavy atom. The lowest BCUT2D eigenvalue weighted by Gasteiger charge is -2.46. The zero-order valence-electron chi connectivity index (χ0n) is 16.2. The molecular weight excluding hydrogens is 310 g/mol. The number of carbonyl (C=O) groups excluding carboxylic acids is 2. The number of rotatable bonds is 4. The van der Waals surface area contributed by atoms with Crippen LogP contribution < -0.4 is 0 Å². The van der Waals surface area contributed by atoms with Gasteiger partial charge in [-0.15, -0.1) is 0 Å². The van der Waals surface area contributed by atoms with E-state index in [2.05, 4.69) is 59.7 Å². The monoisotopic (exact) mass is 339 g/mol. The SMILES string of the molecule is CC(C)c1cccc2c1[C@@H](N1C(=O)C=CC1=O)C(C(C)C)(C(C)C)C2. The van der Waals surface area contributed by atoms with Gasteiger partial charge in [-0.1, -0.05) is 59.7 Å². The van der Waals surface area contributed by atoms with Crippen molar-refractivity contribution >= 4 is 11.8 Å². The van der Waals surface area contributed by atoms with Gasteiger partial charge >= 0.3 is 0 Å². The number of benzene rings is 1. The molecule has 2 aliphatic rings. The number of carbonyl (C=O) groups is 2. The van der Waals surface area contributed by atoms with Gasteiger partial charge in [-0.2, -0.15) is 0 Å². The molecule has 1 atom stereocenters. The molecule has 0 unspecified atom stereocenters. The molecule has 0 spiro atoms. The molecule has 3 heteroatoms. The lowest BCUT2D eigenvalue weighted by Crippen LogP contribution is -2.48. The van der Waals surface area contributed by atoms with E-state index < -0.39 is 0 Å². The Balaban J connectivity index is 2.29. The lowest BCUT2D eigenvalue weighted by atomic mass is 9.63. The number of imide groups is 1. The van der Waals surface area contributed by atoms with E-state index in [1.165, 1.54) is 33.7 Å². The zero-order chi connectivity index (χ0) is 18.5. The molecule has 0 saturated carbocycles. The van der Waals surface area contributed by atoms with Crippen LogP contribution in [-0.2, 0) is 16.0 Å². The molecule has 3 nitrogen and oxygen atoms in total. The van der Waals surface area contributed by atoms with E-state index in [4.69, 9.17) is 0 Å². The molecule has 0 N–H and O–H groups in total. The minimum absolute atomic E-state index is 0.134. The summed E-state index contributed by atoms with van der Waals surface area (Å²) in [5.74, 6) is 0.713. The Morgan fingerprint density at radius 3 is 2.00 bits per heavy atom. The standard InChI is InChI=1S/C22H29NO2/c1-13(2)17-9-7-8-16-12-22(14(3)4,15(5)6)21(20(16)17)23-18(24)10-11-19(23)25/h7-11,13-15,21H,12H2,1-6H3/t21-/m1/s1. The van der Waals surface area contributed by atoms with Crippen LogP contribution in [0.2, 0.25) is 0 Å². The van der Waals surface area contributed by atoms with Gasteiger partial charge in [0.15, 0.2) is 0 Å². The first-order valence-electron chi connectivity index (χ1n) is 9.38. The van der Waals surface area contributed by atoms with Crippen LogP contribution in [-0.4, -0.2) is 16.7 Å². The second-order valence-electron chi connectivity index (χ2n) is 8.46. The number of hydrogen-bond acceptors (Lipinski definition) is 2. The van der Waals surface area contributed by atoms with E-state index in [1.54, 1.807) is 0 Å². The van der Waals surface area contributed by atoms with E-state index in [0.717, 1.165) is 6.42 Å². The summed E-state index contributed by atoms with van der Waals surface area (Å²) in [6, 6.07) is 6.27. The quantitative estimate of drug-likeness (QED) is 0.750. The highest BCUT2D eigenvalue weighted by Crippen LogP contribution is 2.59. The molecule has 3 rings (SSSR count). The summed E-state index contributed by atoms with van der Waals surface area (Å²) >= 11 is 0. The normalized spacial score (nSPS) is 22.0. The number of nitrogens with zero attached hydrogens (tertiary/aromatic N) is 1. The third-order valence-corrected chi connectivity index (χ3v) is 6.38. The maximum Gasteiger partial charge on any atom is 0.254 e. The van der Waals surface area contributed by atoms with Crippen LogP contribution in [0.4, 0.5) is 0 Å². The fourth-order valence-corrected chi connectivity index (χ4v) is 5.06. The van der Waals surface area contributed by atoms with Crippen LogP contribution in [0.15, 0.2) is 30.4 Å². The first-order chi connectivity index (χ1) is 11.7. The summed E-state index contributed by atoms with van der Waals surface area (Å²) in [5, 5.41) is 0. The highest BCUT2D eigenvalue weighted by Gasteiger charge is 2.55.